The van der Waals surface area contributed by atoms with Crippen LogP contribution in [0, 0.1) is 11.7 Å². The molecule has 21 heavy (non-hydrogen) atoms. The lowest BCUT2D eigenvalue weighted by Crippen LogP contribution is -2.42. The third-order valence-corrected chi connectivity index (χ3v) is 4.30. The Morgan fingerprint density at radius 3 is 2.71 bits per heavy atom. The highest BCUT2D eigenvalue weighted by atomic mass is 19.1. The predicted molar refractivity (Wildman–Crippen MR) is 71.8 cm³/mol. The van der Waals surface area contributed by atoms with Gasteiger partial charge >= 0.3 is 5.97 Å². The van der Waals surface area contributed by atoms with E-state index in [1.54, 1.807) is 0 Å². The second-order valence-corrected chi connectivity index (χ2v) is 5.61. The number of hydrogen-bond acceptors (Lipinski definition) is 4. The first-order chi connectivity index (χ1) is 10.1. The van der Waals surface area contributed by atoms with E-state index in [9.17, 15) is 9.18 Å². The summed E-state index contributed by atoms with van der Waals surface area (Å²) in [7, 11) is 0. The van der Waals surface area contributed by atoms with E-state index in [0.717, 1.165) is 24.6 Å². The van der Waals surface area contributed by atoms with Crippen molar-refractivity contribution in [2.24, 2.45) is 5.92 Å². The molecule has 1 N–H and O–H groups in total. The van der Waals surface area contributed by atoms with Crippen LogP contribution in [0.3, 0.4) is 0 Å². The summed E-state index contributed by atoms with van der Waals surface area (Å²) >= 11 is 0. The Balaban J connectivity index is 1.79. The number of halogens is 1. The number of carbonyl (C=O) groups is 1. The lowest BCUT2D eigenvalue weighted by molar-refractivity contribution is -0.150. The minimum Gasteiger partial charge on any atom is -0.481 e. The van der Waals surface area contributed by atoms with Crippen LogP contribution in [0.25, 0.3) is 0 Å². The molecule has 0 radical (unpaired) electrons. The molecule has 5 nitrogen and oxygen atoms in total. The van der Waals surface area contributed by atoms with E-state index in [1.807, 2.05) is 0 Å². The number of carboxylic acid groups (broad SMARTS) is 1. The second kappa shape index (κ2) is 5.97. The smallest absolute Gasteiger partial charge is 0.310 e. The fourth-order valence-electron chi connectivity index (χ4n) is 2.88. The van der Waals surface area contributed by atoms with Gasteiger partial charge in [-0.15, -0.1) is 0 Å². The van der Waals surface area contributed by atoms with Crippen LogP contribution >= 0.6 is 0 Å². The average Bonchev–Trinajstić information content (AvgIpc) is 2.45. The van der Waals surface area contributed by atoms with Crippen molar-refractivity contribution in [1.82, 2.24) is 4.98 Å². The topological polar surface area (TPSA) is 68.7 Å². The second-order valence-electron chi connectivity index (χ2n) is 5.61. The maximum absolute atomic E-state index is 13.5. The number of aliphatic carboxylic acids is 1. The van der Waals surface area contributed by atoms with Crippen LogP contribution in [0.2, 0.25) is 0 Å². The summed E-state index contributed by atoms with van der Waals surface area (Å²) in [5.74, 6) is -1.20. The van der Waals surface area contributed by atoms with Crippen LogP contribution in [0.1, 0.15) is 37.2 Å². The van der Waals surface area contributed by atoms with Gasteiger partial charge in [0.2, 0.25) is 5.88 Å². The molecule has 2 aliphatic rings. The van der Waals surface area contributed by atoms with E-state index in [2.05, 4.69) is 4.98 Å². The minimum absolute atomic E-state index is 0.153. The Morgan fingerprint density at radius 1 is 1.33 bits per heavy atom. The van der Waals surface area contributed by atoms with Gasteiger partial charge in [0.05, 0.1) is 12.1 Å². The zero-order valence-corrected chi connectivity index (χ0v) is 11.6. The number of ether oxygens (including phenoxy) is 2. The van der Waals surface area contributed by atoms with Gasteiger partial charge in [-0.3, -0.25) is 4.79 Å². The molecular weight excluding hydrogens is 277 g/mol. The van der Waals surface area contributed by atoms with Crippen molar-refractivity contribution in [2.75, 3.05) is 13.2 Å². The molecular formula is C15H18FNO4. The van der Waals surface area contributed by atoms with Crippen molar-refractivity contribution >= 4 is 5.97 Å². The van der Waals surface area contributed by atoms with Gasteiger partial charge in [0.15, 0.2) is 0 Å². The van der Waals surface area contributed by atoms with Gasteiger partial charge in [-0.2, -0.15) is 0 Å². The predicted octanol–water partition coefficient (Wildman–Crippen LogP) is 2.36. The van der Waals surface area contributed by atoms with E-state index in [-0.39, 0.29) is 12.0 Å². The number of pyridine rings is 1. The Hall–Kier alpha value is -1.69. The van der Waals surface area contributed by atoms with Crippen molar-refractivity contribution in [3.05, 3.63) is 23.6 Å². The van der Waals surface area contributed by atoms with Crippen molar-refractivity contribution in [3.63, 3.8) is 0 Å². The highest BCUT2D eigenvalue weighted by Gasteiger charge is 2.39. The molecule has 2 unspecified atom stereocenters. The molecule has 1 saturated heterocycles. The standard InChI is InChI=1S/C15H18FNO4/c16-10-7-12(9-3-5-20-6-4-9)14(17-8-10)21-13-2-1-11(13)15(18)19/h7-9,11,13H,1-6H2,(H,18,19). The highest BCUT2D eigenvalue weighted by Crippen LogP contribution is 2.37. The number of carboxylic acids is 1. The molecule has 0 bridgehead atoms. The van der Waals surface area contributed by atoms with E-state index in [1.165, 1.54) is 6.07 Å². The summed E-state index contributed by atoms with van der Waals surface area (Å²) in [6, 6.07) is 1.45. The van der Waals surface area contributed by atoms with Crippen LogP contribution in [0.5, 0.6) is 5.88 Å². The van der Waals surface area contributed by atoms with Gasteiger partial charge in [-0.1, -0.05) is 0 Å². The molecule has 2 atom stereocenters. The lowest BCUT2D eigenvalue weighted by Gasteiger charge is -2.34. The van der Waals surface area contributed by atoms with Crippen molar-refractivity contribution in [2.45, 2.75) is 37.7 Å². The largest absolute Gasteiger partial charge is 0.481 e. The monoisotopic (exact) mass is 295 g/mol. The molecule has 3 rings (SSSR count). The number of nitrogens with zero attached hydrogens (tertiary/aromatic N) is 1. The molecule has 1 aliphatic carbocycles. The summed E-state index contributed by atoms with van der Waals surface area (Å²) in [5.41, 5.74) is 0.731. The lowest BCUT2D eigenvalue weighted by atomic mass is 9.82. The molecule has 1 aromatic heterocycles. The zero-order valence-electron chi connectivity index (χ0n) is 11.6. The summed E-state index contributed by atoms with van der Waals surface area (Å²) in [5, 5.41) is 9.07. The first kappa shape index (κ1) is 14.3. The van der Waals surface area contributed by atoms with Gasteiger partial charge in [0.25, 0.3) is 0 Å². The third kappa shape index (κ3) is 3.00. The normalized spacial score (nSPS) is 26.1. The summed E-state index contributed by atoms with van der Waals surface area (Å²) in [4.78, 5) is 15.1. The number of hydrogen-bond donors (Lipinski definition) is 1. The summed E-state index contributed by atoms with van der Waals surface area (Å²) in [6.45, 7) is 1.28. The molecule has 0 spiro atoms. The molecule has 2 heterocycles. The molecule has 2 fully saturated rings. The molecule has 0 amide bonds. The van der Waals surface area contributed by atoms with Gasteiger partial charge in [-0.05, 0) is 37.7 Å². The fourth-order valence-corrected chi connectivity index (χ4v) is 2.88. The van der Waals surface area contributed by atoms with E-state index in [4.69, 9.17) is 14.6 Å². The Bertz CT molecular complexity index is 530. The maximum Gasteiger partial charge on any atom is 0.310 e. The maximum atomic E-state index is 13.5. The Kier molecular flexibility index (Phi) is 4.05. The van der Waals surface area contributed by atoms with E-state index in [0.29, 0.717) is 31.9 Å². The molecule has 0 aromatic carbocycles. The van der Waals surface area contributed by atoms with Gasteiger partial charge in [0, 0.05) is 18.8 Å². The Morgan fingerprint density at radius 2 is 2.10 bits per heavy atom. The van der Waals surface area contributed by atoms with Crippen LogP contribution in [-0.4, -0.2) is 35.4 Å². The molecule has 6 heteroatoms. The van der Waals surface area contributed by atoms with Crippen LogP contribution in [-0.2, 0) is 9.53 Å². The number of aromatic nitrogens is 1. The quantitative estimate of drug-likeness (QED) is 0.923. The van der Waals surface area contributed by atoms with E-state index < -0.39 is 17.7 Å². The molecule has 1 aromatic rings. The van der Waals surface area contributed by atoms with Gasteiger partial charge in [0.1, 0.15) is 11.9 Å². The fraction of sp³-hybridized carbons (Fsp3) is 0.600. The minimum atomic E-state index is -0.846. The van der Waals surface area contributed by atoms with Crippen LogP contribution in [0.4, 0.5) is 4.39 Å². The van der Waals surface area contributed by atoms with Gasteiger partial charge in [-0.25, -0.2) is 9.37 Å². The first-order valence-electron chi connectivity index (χ1n) is 7.28. The average molecular weight is 295 g/mol. The van der Waals surface area contributed by atoms with Crippen LogP contribution < -0.4 is 4.74 Å². The molecule has 1 saturated carbocycles. The molecule has 114 valence electrons. The number of rotatable bonds is 4. The zero-order chi connectivity index (χ0) is 14.8. The highest BCUT2D eigenvalue weighted by molar-refractivity contribution is 5.71. The van der Waals surface area contributed by atoms with Crippen molar-refractivity contribution in [1.29, 1.82) is 0 Å². The third-order valence-electron chi connectivity index (χ3n) is 4.30. The first-order valence-corrected chi connectivity index (χ1v) is 7.28. The molecule has 1 aliphatic heterocycles. The SMILES string of the molecule is O=C(O)C1CCC1Oc1ncc(F)cc1C1CCOCC1. The Labute approximate surface area is 122 Å². The summed E-state index contributed by atoms with van der Waals surface area (Å²) < 4.78 is 24.6. The van der Waals surface area contributed by atoms with Crippen LogP contribution in [0.15, 0.2) is 12.3 Å². The van der Waals surface area contributed by atoms with Crippen molar-refractivity contribution in [3.8, 4) is 5.88 Å². The van der Waals surface area contributed by atoms with Crippen molar-refractivity contribution < 1.29 is 23.8 Å². The van der Waals surface area contributed by atoms with Gasteiger partial charge < -0.3 is 14.6 Å². The summed E-state index contributed by atoms with van der Waals surface area (Å²) in [6.07, 6.45) is 3.67. The van der Waals surface area contributed by atoms with E-state index >= 15 is 0 Å².